The summed E-state index contributed by atoms with van der Waals surface area (Å²) in [4.78, 5) is 12.1. The molecule has 0 unspecified atom stereocenters. The summed E-state index contributed by atoms with van der Waals surface area (Å²) in [5.41, 5.74) is 1.88. The van der Waals surface area contributed by atoms with E-state index in [4.69, 9.17) is 5.11 Å². The number of nitrogens with one attached hydrogen (secondary N) is 1. The van der Waals surface area contributed by atoms with Crippen LogP contribution in [-0.2, 0) is 13.6 Å². The Kier molecular flexibility index (Phi) is 4.53. The normalized spacial score (nSPS) is 9.70. The number of rotatable bonds is 3. The van der Waals surface area contributed by atoms with Crippen LogP contribution in [0.4, 0.5) is 0 Å². The quantitative estimate of drug-likeness (QED) is 0.806. The molecule has 0 atom stereocenters. The van der Waals surface area contributed by atoms with Crippen LogP contribution in [0.3, 0.4) is 0 Å². The van der Waals surface area contributed by atoms with Crippen LogP contribution < -0.4 is 5.32 Å². The molecule has 0 bridgehead atoms. The molecule has 1 heterocycles. The molecule has 5 nitrogen and oxygen atoms in total. The summed E-state index contributed by atoms with van der Waals surface area (Å²) in [6.45, 7) is 0.130. The summed E-state index contributed by atoms with van der Waals surface area (Å²) >= 11 is 0. The van der Waals surface area contributed by atoms with Crippen LogP contribution in [0.1, 0.15) is 21.6 Å². The predicted octanol–water partition coefficient (Wildman–Crippen LogP) is 0.694. The third-order valence-electron chi connectivity index (χ3n) is 2.67. The van der Waals surface area contributed by atoms with Gasteiger partial charge in [0, 0.05) is 18.8 Å². The first-order valence-corrected chi connectivity index (χ1v) is 6.16. The van der Waals surface area contributed by atoms with E-state index in [1.807, 2.05) is 19.3 Å². The number of nitrogens with zero attached hydrogens (tertiary/aromatic N) is 2. The maximum Gasteiger partial charge on any atom is 0.252 e. The number of aromatic nitrogens is 2. The van der Waals surface area contributed by atoms with Gasteiger partial charge >= 0.3 is 0 Å². The molecule has 5 heteroatoms. The van der Waals surface area contributed by atoms with Gasteiger partial charge in [0.05, 0.1) is 17.8 Å². The van der Waals surface area contributed by atoms with Crippen molar-refractivity contribution in [2.75, 3.05) is 6.61 Å². The molecule has 0 fully saturated rings. The largest absolute Gasteiger partial charge is 0.384 e. The number of aryl methyl sites for hydroxylation is 1. The minimum atomic E-state index is -0.232. The lowest BCUT2D eigenvalue weighted by Gasteiger charge is -2.05. The molecule has 0 saturated heterocycles. The molecule has 2 N–H and O–H groups in total. The molecule has 2 rings (SSSR count). The number of aliphatic hydroxyl groups is 1. The van der Waals surface area contributed by atoms with Crippen molar-refractivity contribution < 1.29 is 9.90 Å². The molecule has 0 aliphatic carbocycles. The molecule has 0 aliphatic heterocycles. The lowest BCUT2D eigenvalue weighted by molar-refractivity contribution is 0.0950. The molecule has 0 radical (unpaired) electrons. The topological polar surface area (TPSA) is 67.2 Å². The van der Waals surface area contributed by atoms with Crippen LogP contribution in [0.15, 0.2) is 36.5 Å². The van der Waals surface area contributed by atoms with Crippen LogP contribution in [0.5, 0.6) is 0 Å². The molecule has 1 aromatic heterocycles. The SMILES string of the molecule is Cn1ccc(CNC(=O)c2ccccc2C#CCO)n1. The van der Waals surface area contributed by atoms with E-state index in [9.17, 15) is 4.79 Å². The van der Waals surface area contributed by atoms with Gasteiger partial charge in [0.25, 0.3) is 5.91 Å². The van der Waals surface area contributed by atoms with Gasteiger partial charge in [-0.3, -0.25) is 9.48 Å². The number of amides is 1. The third kappa shape index (κ3) is 3.46. The summed E-state index contributed by atoms with van der Waals surface area (Å²) in [7, 11) is 1.82. The number of carbonyl (C=O) groups is 1. The Morgan fingerprint density at radius 3 is 2.90 bits per heavy atom. The second kappa shape index (κ2) is 6.55. The summed E-state index contributed by atoms with van der Waals surface area (Å²) in [5.74, 6) is 5.10. The fourth-order valence-corrected chi connectivity index (χ4v) is 1.75. The number of benzene rings is 1. The lowest BCUT2D eigenvalue weighted by atomic mass is 10.1. The maximum absolute atomic E-state index is 12.1. The van der Waals surface area contributed by atoms with E-state index in [0.717, 1.165) is 5.69 Å². The number of aliphatic hydroxyl groups excluding tert-OH is 1. The zero-order valence-electron chi connectivity index (χ0n) is 11.1. The van der Waals surface area contributed by atoms with Gasteiger partial charge in [0.2, 0.25) is 0 Å². The van der Waals surface area contributed by atoms with Crippen LogP contribution >= 0.6 is 0 Å². The zero-order chi connectivity index (χ0) is 14.4. The Hall–Kier alpha value is -2.58. The van der Waals surface area contributed by atoms with E-state index >= 15 is 0 Å². The summed E-state index contributed by atoms with van der Waals surface area (Å²) < 4.78 is 1.68. The van der Waals surface area contributed by atoms with Gasteiger partial charge in [-0.15, -0.1) is 0 Å². The van der Waals surface area contributed by atoms with Gasteiger partial charge in [-0.1, -0.05) is 24.0 Å². The van der Waals surface area contributed by atoms with Crippen LogP contribution in [0.2, 0.25) is 0 Å². The van der Waals surface area contributed by atoms with Crippen molar-refractivity contribution in [2.45, 2.75) is 6.54 Å². The van der Waals surface area contributed by atoms with Gasteiger partial charge in [0.1, 0.15) is 6.61 Å². The molecule has 1 amide bonds. The highest BCUT2D eigenvalue weighted by Crippen LogP contribution is 2.07. The Bertz CT molecular complexity index is 665. The van der Waals surface area contributed by atoms with Gasteiger partial charge in [-0.25, -0.2) is 0 Å². The summed E-state index contributed by atoms with van der Waals surface area (Å²) in [6.07, 6.45) is 1.82. The van der Waals surface area contributed by atoms with Gasteiger partial charge in [-0.2, -0.15) is 5.10 Å². The second-order valence-electron chi connectivity index (χ2n) is 4.17. The number of hydrogen-bond acceptors (Lipinski definition) is 3. The number of hydrogen-bond donors (Lipinski definition) is 2. The predicted molar refractivity (Wildman–Crippen MR) is 74.8 cm³/mol. The van der Waals surface area contributed by atoms with Crippen molar-refractivity contribution in [2.24, 2.45) is 7.05 Å². The minimum Gasteiger partial charge on any atom is -0.384 e. The van der Waals surface area contributed by atoms with Crippen molar-refractivity contribution >= 4 is 5.91 Å². The van der Waals surface area contributed by atoms with Crippen molar-refractivity contribution in [1.82, 2.24) is 15.1 Å². The van der Waals surface area contributed by atoms with E-state index in [0.29, 0.717) is 17.7 Å². The summed E-state index contributed by atoms with van der Waals surface area (Å²) in [5, 5.41) is 15.7. The Morgan fingerprint density at radius 1 is 1.40 bits per heavy atom. The minimum absolute atomic E-state index is 0.210. The molecule has 0 saturated carbocycles. The van der Waals surface area contributed by atoms with Gasteiger partial charge in [0.15, 0.2) is 0 Å². The molecule has 2 aromatic rings. The van der Waals surface area contributed by atoms with E-state index in [-0.39, 0.29) is 12.5 Å². The molecule has 0 aliphatic rings. The summed E-state index contributed by atoms with van der Waals surface area (Å²) in [6, 6.07) is 8.88. The Balaban J connectivity index is 2.09. The first-order chi connectivity index (χ1) is 9.70. The molecule has 1 aromatic carbocycles. The van der Waals surface area contributed by atoms with Crippen molar-refractivity contribution in [3.8, 4) is 11.8 Å². The standard InChI is InChI=1S/C15H15N3O2/c1-18-9-8-13(17-18)11-16-15(20)14-7-3-2-5-12(14)6-4-10-19/h2-3,5,7-9,19H,10-11H2,1H3,(H,16,20). The monoisotopic (exact) mass is 269 g/mol. The van der Waals surface area contributed by atoms with Crippen LogP contribution in [0.25, 0.3) is 0 Å². The highest BCUT2D eigenvalue weighted by molar-refractivity contribution is 5.96. The maximum atomic E-state index is 12.1. The highest BCUT2D eigenvalue weighted by atomic mass is 16.2. The highest BCUT2D eigenvalue weighted by Gasteiger charge is 2.09. The fraction of sp³-hybridized carbons (Fsp3) is 0.200. The number of carbonyl (C=O) groups excluding carboxylic acids is 1. The van der Waals surface area contributed by atoms with E-state index in [1.54, 1.807) is 28.9 Å². The van der Waals surface area contributed by atoms with E-state index in [1.165, 1.54) is 0 Å². The van der Waals surface area contributed by atoms with E-state index < -0.39 is 0 Å². The Labute approximate surface area is 117 Å². The van der Waals surface area contributed by atoms with Crippen LogP contribution in [-0.4, -0.2) is 27.4 Å². The first kappa shape index (κ1) is 13.8. The fourth-order valence-electron chi connectivity index (χ4n) is 1.75. The Morgan fingerprint density at radius 2 is 2.20 bits per heavy atom. The van der Waals surface area contributed by atoms with Crippen molar-refractivity contribution in [1.29, 1.82) is 0 Å². The van der Waals surface area contributed by atoms with Crippen molar-refractivity contribution in [3.05, 3.63) is 53.3 Å². The smallest absolute Gasteiger partial charge is 0.252 e. The van der Waals surface area contributed by atoms with Crippen molar-refractivity contribution in [3.63, 3.8) is 0 Å². The molecule has 102 valence electrons. The zero-order valence-corrected chi connectivity index (χ0v) is 11.1. The average Bonchev–Trinajstić information content (AvgIpc) is 2.88. The average molecular weight is 269 g/mol. The second-order valence-corrected chi connectivity index (χ2v) is 4.17. The molecule has 0 spiro atoms. The van der Waals surface area contributed by atoms with Gasteiger partial charge in [-0.05, 0) is 18.2 Å². The molecule has 20 heavy (non-hydrogen) atoms. The van der Waals surface area contributed by atoms with Crippen LogP contribution in [0, 0.1) is 11.8 Å². The van der Waals surface area contributed by atoms with E-state index in [2.05, 4.69) is 22.3 Å². The molecular formula is C15H15N3O2. The first-order valence-electron chi connectivity index (χ1n) is 6.16. The molecular weight excluding hydrogens is 254 g/mol. The van der Waals surface area contributed by atoms with Gasteiger partial charge < -0.3 is 10.4 Å². The lowest BCUT2D eigenvalue weighted by Crippen LogP contribution is -2.24. The third-order valence-corrected chi connectivity index (χ3v) is 2.67.